The lowest BCUT2D eigenvalue weighted by Crippen LogP contribution is -2.66. The van der Waals surface area contributed by atoms with Gasteiger partial charge in [0.1, 0.15) is 16.9 Å². The molecule has 0 radical (unpaired) electrons. The Balaban J connectivity index is 1.11. The smallest absolute Gasteiger partial charge is 0.329 e. The molecule has 1 aliphatic carbocycles. The van der Waals surface area contributed by atoms with E-state index in [1.807, 2.05) is 0 Å². The van der Waals surface area contributed by atoms with Crippen molar-refractivity contribution in [3.05, 3.63) is 17.8 Å². The van der Waals surface area contributed by atoms with Gasteiger partial charge in [0.2, 0.25) is 11.9 Å². The molecule has 13 heteroatoms. The number of fused-ring (bicyclic) bond motifs is 2. The molecule has 5 atom stereocenters. The largest absolute Gasteiger partial charge is 0.340 e. The third-order valence-electron chi connectivity index (χ3n) is 7.55. The molecule has 4 unspecified atom stereocenters. The van der Waals surface area contributed by atoms with Gasteiger partial charge in [0.25, 0.3) is 5.91 Å². The Bertz CT molecular complexity index is 1370. The van der Waals surface area contributed by atoms with Crippen molar-refractivity contribution in [2.45, 2.75) is 38.5 Å². The number of anilines is 2. The lowest BCUT2D eigenvalue weighted by atomic mass is 10.1. The highest BCUT2D eigenvalue weighted by atomic mass is 32.1. The van der Waals surface area contributed by atoms with Crippen LogP contribution in [0.5, 0.6) is 0 Å². The Labute approximate surface area is 223 Å². The summed E-state index contributed by atoms with van der Waals surface area (Å²) in [5.41, 5.74) is 0.780. The van der Waals surface area contributed by atoms with Crippen LogP contribution in [0, 0.1) is 23.7 Å². The maximum absolute atomic E-state index is 13.2. The first-order valence-corrected chi connectivity index (χ1v) is 13.4. The number of hydrogen-bond donors (Lipinski definition) is 1. The van der Waals surface area contributed by atoms with Crippen molar-refractivity contribution in [3.63, 3.8) is 0 Å². The van der Waals surface area contributed by atoms with Crippen LogP contribution in [0.4, 0.5) is 16.6 Å². The molecule has 4 amide bonds. The Hall–Kier alpha value is -4.05. The van der Waals surface area contributed by atoms with Gasteiger partial charge < -0.3 is 20.0 Å². The molecule has 6 rings (SSSR count). The number of piperidine rings is 1. The summed E-state index contributed by atoms with van der Waals surface area (Å²) in [5, 5.41) is 5.28. The highest BCUT2D eigenvalue weighted by Gasteiger charge is 2.51. The van der Waals surface area contributed by atoms with Crippen LogP contribution in [0.25, 0.3) is 10.6 Å². The van der Waals surface area contributed by atoms with Gasteiger partial charge in [-0.25, -0.2) is 24.7 Å². The second kappa shape index (κ2) is 9.36. The van der Waals surface area contributed by atoms with E-state index in [1.54, 1.807) is 43.6 Å². The van der Waals surface area contributed by atoms with Gasteiger partial charge in [0, 0.05) is 43.5 Å². The van der Waals surface area contributed by atoms with Crippen LogP contribution in [0.2, 0.25) is 0 Å². The zero-order valence-corrected chi connectivity index (χ0v) is 22.1. The van der Waals surface area contributed by atoms with Gasteiger partial charge in [0.15, 0.2) is 12.2 Å². The fourth-order valence-corrected chi connectivity index (χ4v) is 5.94. The number of aliphatic imine (C=N–C) groups is 1. The lowest BCUT2D eigenvalue weighted by Gasteiger charge is -2.41. The van der Waals surface area contributed by atoms with Gasteiger partial charge in [-0.2, -0.15) is 0 Å². The number of carbonyl (C=O) groups excluding carboxylic acids is 3. The van der Waals surface area contributed by atoms with E-state index in [0.717, 1.165) is 41.3 Å². The summed E-state index contributed by atoms with van der Waals surface area (Å²) in [4.78, 5) is 63.2. The molecule has 2 aromatic heterocycles. The molecule has 4 aliphatic rings. The molecule has 3 aliphatic heterocycles. The summed E-state index contributed by atoms with van der Waals surface area (Å²) in [5.74, 6) is 7.45. The molecule has 0 bridgehead atoms. The molecule has 38 heavy (non-hydrogen) atoms. The number of hydrogen-bond acceptors (Lipinski definition) is 10. The Morgan fingerprint density at radius 3 is 2.68 bits per heavy atom. The van der Waals surface area contributed by atoms with E-state index in [0.29, 0.717) is 10.8 Å². The van der Waals surface area contributed by atoms with E-state index in [4.69, 9.17) is 0 Å². The van der Waals surface area contributed by atoms with Crippen molar-refractivity contribution in [1.29, 1.82) is 0 Å². The first kappa shape index (κ1) is 24.3. The highest BCUT2D eigenvalue weighted by molar-refractivity contribution is 7.13. The third kappa shape index (κ3) is 4.14. The highest BCUT2D eigenvalue weighted by Crippen LogP contribution is 2.45. The van der Waals surface area contributed by atoms with Crippen molar-refractivity contribution >= 4 is 47.3 Å². The van der Waals surface area contributed by atoms with Crippen LogP contribution < -0.4 is 10.2 Å². The fourth-order valence-electron chi connectivity index (χ4n) is 5.21. The molecule has 0 aromatic carbocycles. The van der Waals surface area contributed by atoms with E-state index in [-0.39, 0.29) is 12.5 Å². The number of urea groups is 1. The summed E-state index contributed by atoms with van der Waals surface area (Å²) in [6.45, 7) is 5.38. The summed E-state index contributed by atoms with van der Waals surface area (Å²) < 4.78 is 0. The van der Waals surface area contributed by atoms with E-state index in [2.05, 4.69) is 42.0 Å². The van der Waals surface area contributed by atoms with Crippen LogP contribution in [0.1, 0.15) is 20.3 Å². The quantitative estimate of drug-likeness (QED) is 0.551. The fraction of sp³-hybridized carbons (Fsp3) is 0.480. The van der Waals surface area contributed by atoms with E-state index >= 15 is 0 Å². The molecule has 1 N–H and O–H groups in total. The minimum absolute atomic E-state index is 0.0124. The molecule has 2 saturated heterocycles. The molecular weight excluding hydrogens is 506 g/mol. The van der Waals surface area contributed by atoms with Crippen LogP contribution in [-0.2, 0) is 9.59 Å². The summed E-state index contributed by atoms with van der Waals surface area (Å²) in [6.07, 6.45) is 5.62. The number of nitrogens with one attached hydrogen (secondary N) is 1. The van der Waals surface area contributed by atoms with E-state index < -0.39 is 30.2 Å². The van der Waals surface area contributed by atoms with E-state index in [9.17, 15) is 14.4 Å². The zero-order chi connectivity index (χ0) is 26.6. The molecule has 2 aromatic rings. The minimum Gasteiger partial charge on any atom is -0.340 e. The number of aromatic nitrogens is 3. The summed E-state index contributed by atoms with van der Waals surface area (Å²) in [7, 11) is 1.59. The normalized spacial score (nSPS) is 26.2. The summed E-state index contributed by atoms with van der Waals surface area (Å²) >= 11 is 1.38. The number of thiazole rings is 1. The molecule has 12 nitrogen and oxygen atoms in total. The topological polar surface area (TPSA) is 127 Å². The maximum Gasteiger partial charge on any atom is 0.329 e. The van der Waals surface area contributed by atoms with E-state index in [1.165, 1.54) is 29.0 Å². The first-order chi connectivity index (χ1) is 18.4. The Morgan fingerprint density at radius 2 is 1.97 bits per heavy atom. The number of nitrogens with zero attached hydrogens (tertiary/aromatic N) is 8. The maximum atomic E-state index is 13.2. The second-order valence-corrected chi connectivity index (χ2v) is 10.8. The minimum atomic E-state index is -0.805. The SMILES string of the molecule is CC#CCN1C(=O)C2C(N=CN2[C@@H](C)C(=O)Nc2csc(-c3cnc(N4CC5CC5C4)nc3)n2)N(C)C1=O. The molecular formula is C25H27N9O3S. The van der Waals surface area contributed by atoms with Crippen LogP contribution in [0.3, 0.4) is 0 Å². The predicted molar refractivity (Wildman–Crippen MR) is 141 cm³/mol. The van der Waals surface area contributed by atoms with Gasteiger partial charge in [-0.15, -0.1) is 17.3 Å². The average molecular weight is 534 g/mol. The van der Waals surface area contributed by atoms with Crippen LogP contribution in [0.15, 0.2) is 22.8 Å². The standard InChI is InChI=1S/C25H27N9O3S/c1-4-5-6-33-23(36)19-20(31(3)25(33)37)28-13-34(19)14(2)21(35)29-18-12-38-22(30-18)17-8-26-24(27-9-17)32-10-15-7-16(15)11-32/h8-9,12-16,19-20H,6-7,10-11H2,1-3H3,(H,29,35)/t14-,15?,16?,19?,20?/m0/s1. The Kier molecular flexibility index (Phi) is 5.98. The van der Waals surface area contributed by atoms with Crippen LogP contribution >= 0.6 is 11.3 Å². The number of likely N-dealkylation sites (N-methyl/N-ethyl adjacent to an activating group) is 1. The molecule has 1 saturated carbocycles. The van der Waals surface area contributed by atoms with Gasteiger partial charge in [0.05, 0.1) is 12.9 Å². The molecule has 5 heterocycles. The first-order valence-electron chi connectivity index (χ1n) is 12.5. The monoisotopic (exact) mass is 533 g/mol. The van der Waals surface area contributed by atoms with Crippen LogP contribution in [-0.4, -0.2) is 98.8 Å². The number of rotatable bonds is 6. The Morgan fingerprint density at radius 1 is 1.24 bits per heavy atom. The predicted octanol–water partition coefficient (Wildman–Crippen LogP) is 1.34. The summed E-state index contributed by atoms with van der Waals surface area (Å²) in [6, 6.07) is -2.00. The third-order valence-corrected chi connectivity index (χ3v) is 8.44. The molecule has 196 valence electrons. The average Bonchev–Trinajstić information content (AvgIpc) is 3.31. The molecule has 3 fully saturated rings. The number of amides is 4. The number of imide groups is 1. The van der Waals surface area contributed by atoms with Crippen molar-refractivity contribution in [2.24, 2.45) is 16.8 Å². The van der Waals surface area contributed by atoms with Gasteiger partial charge >= 0.3 is 6.03 Å². The lowest BCUT2D eigenvalue weighted by molar-refractivity contribution is -0.138. The van der Waals surface area contributed by atoms with Gasteiger partial charge in [-0.3, -0.25) is 14.5 Å². The number of carbonyl (C=O) groups is 3. The van der Waals surface area contributed by atoms with Gasteiger partial charge in [-0.1, -0.05) is 5.92 Å². The molecule has 0 spiro atoms. The van der Waals surface area contributed by atoms with Crippen molar-refractivity contribution in [3.8, 4) is 22.4 Å². The van der Waals surface area contributed by atoms with Crippen molar-refractivity contribution in [2.75, 3.05) is 36.9 Å². The zero-order valence-electron chi connectivity index (χ0n) is 21.2. The van der Waals surface area contributed by atoms with Crippen molar-refractivity contribution in [1.82, 2.24) is 29.7 Å². The second-order valence-electron chi connectivity index (χ2n) is 9.95. The van der Waals surface area contributed by atoms with Crippen molar-refractivity contribution < 1.29 is 14.4 Å². The van der Waals surface area contributed by atoms with Gasteiger partial charge in [-0.05, 0) is 32.1 Å².